The maximum absolute atomic E-state index is 13.7. The maximum atomic E-state index is 13.7. The van der Waals surface area contributed by atoms with Gasteiger partial charge in [-0.25, -0.2) is 13.6 Å². The molecule has 0 radical (unpaired) electrons. The number of halogens is 2. The van der Waals surface area contributed by atoms with Gasteiger partial charge in [0, 0.05) is 5.69 Å². The van der Waals surface area contributed by atoms with Crippen LogP contribution in [0.25, 0.3) is 5.69 Å². The van der Waals surface area contributed by atoms with Crippen LogP contribution in [0.2, 0.25) is 0 Å². The molecule has 33 heavy (non-hydrogen) atoms. The molecule has 0 fully saturated rings. The number of hydrogen-bond acceptors (Lipinski definition) is 4. The number of aromatic nitrogens is 3. The highest BCUT2D eigenvalue weighted by Gasteiger charge is 2.21. The lowest BCUT2D eigenvalue weighted by atomic mass is 10.2. The summed E-state index contributed by atoms with van der Waals surface area (Å²) in [4.78, 5) is 39.1. The first-order valence-electron chi connectivity index (χ1n) is 9.94. The molecule has 0 saturated heterocycles. The Labute approximate surface area is 186 Å². The van der Waals surface area contributed by atoms with Gasteiger partial charge in [-0.3, -0.25) is 14.2 Å². The third-order valence-corrected chi connectivity index (χ3v) is 4.85. The summed E-state index contributed by atoms with van der Waals surface area (Å²) in [6.07, 6.45) is 0. The monoisotopic (exact) mass is 448 g/mol. The van der Waals surface area contributed by atoms with Gasteiger partial charge in [0.05, 0.1) is 12.2 Å². The maximum Gasteiger partial charge on any atom is 0.352 e. The minimum Gasteiger partial charge on any atom is -0.320 e. The first-order valence-corrected chi connectivity index (χ1v) is 9.94. The van der Waals surface area contributed by atoms with Crippen molar-refractivity contribution in [3.63, 3.8) is 0 Å². The summed E-state index contributed by atoms with van der Waals surface area (Å²) < 4.78 is 28.6. The van der Waals surface area contributed by atoms with Gasteiger partial charge >= 0.3 is 5.69 Å². The van der Waals surface area contributed by atoms with Crippen LogP contribution in [0.4, 0.5) is 14.5 Å². The molecule has 1 aromatic heterocycles. The molecule has 0 spiro atoms. The molecule has 1 N–H and O–H groups in total. The van der Waals surface area contributed by atoms with Gasteiger partial charge in [-0.2, -0.15) is 9.78 Å². The van der Waals surface area contributed by atoms with E-state index in [4.69, 9.17) is 0 Å². The standard InChI is InChI=1S/C24H18F2N4O3/c1-15-4-2-7-20(12-15)30-24(33)29(14-16-5-3-6-18(26)13-16)23(32)21(28-30)22(31)27-19-10-8-17(25)9-11-19/h2-13H,14H2,1H3,(H,27,31). The van der Waals surface area contributed by atoms with Crippen molar-refractivity contribution in [2.75, 3.05) is 5.32 Å². The van der Waals surface area contributed by atoms with Gasteiger partial charge in [-0.1, -0.05) is 24.3 Å². The number of carbonyl (C=O) groups excluding carboxylic acids is 1. The second-order valence-corrected chi connectivity index (χ2v) is 7.36. The highest BCUT2D eigenvalue weighted by molar-refractivity contribution is 6.02. The fourth-order valence-corrected chi connectivity index (χ4v) is 3.27. The molecule has 0 aliphatic carbocycles. The van der Waals surface area contributed by atoms with Crippen LogP contribution in [-0.4, -0.2) is 20.3 Å². The Balaban J connectivity index is 1.85. The summed E-state index contributed by atoms with van der Waals surface area (Å²) in [5.41, 5.74) is -0.475. The van der Waals surface area contributed by atoms with E-state index in [2.05, 4.69) is 10.4 Å². The van der Waals surface area contributed by atoms with Gasteiger partial charge in [-0.05, 0) is 66.6 Å². The summed E-state index contributed by atoms with van der Waals surface area (Å²) in [5, 5.41) is 6.51. The van der Waals surface area contributed by atoms with Gasteiger partial charge in [0.25, 0.3) is 11.5 Å². The highest BCUT2D eigenvalue weighted by Crippen LogP contribution is 2.11. The van der Waals surface area contributed by atoms with Crippen LogP contribution < -0.4 is 16.6 Å². The summed E-state index contributed by atoms with van der Waals surface area (Å²) in [6, 6.07) is 17.2. The van der Waals surface area contributed by atoms with Crippen molar-refractivity contribution in [3.05, 3.63) is 122 Å². The fourth-order valence-electron chi connectivity index (χ4n) is 3.27. The van der Waals surface area contributed by atoms with Crippen molar-refractivity contribution in [2.24, 2.45) is 0 Å². The Kier molecular flexibility index (Phi) is 5.95. The molecule has 7 nitrogen and oxygen atoms in total. The summed E-state index contributed by atoms with van der Waals surface area (Å²) >= 11 is 0. The van der Waals surface area contributed by atoms with Gasteiger partial charge in [0.15, 0.2) is 0 Å². The summed E-state index contributed by atoms with van der Waals surface area (Å²) in [5.74, 6) is -1.89. The molecule has 1 amide bonds. The zero-order valence-electron chi connectivity index (χ0n) is 17.5. The normalized spacial score (nSPS) is 10.8. The molecule has 4 rings (SSSR count). The van der Waals surface area contributed by atoms with E-state index in [1.54, 1.807) is 24.3 Å². The van der Waals surface area contributed by atoms with E-state index in [9.17, 15) is 23.2 Å². The minimum atomic E-state index is -0.937. The number of hydrogen-bond donors (Lipinski definition) is 1. The summed E-state index contributed by atoms with van der Waals surface area (Å²) in [6.45, 7) is 1.56. The second-order valence-electron chi connectivity index (χ2n) is 7.36. The average molecular weight is 448 g/mol. The van der Waals surface area contributed by atoms with Gasteiger partial charge < -0.3 is 5.32 Å². The predicted molar refractivity (Wildman–Crippen MR) is 119 cm³/mol. The van der Waals surface area contributed by atoms with E-state index in [-0.39, 0.29) is 12.2 Å². The van der Waals surface area contributed by atoms with Crippen molar-refractivity contribution in [1.29, 1.82) is 0 Å². The fraction of sp³-hybridized carbons (Fsp3) is 0.0833. The third-order valence-electron chi connectivity index (χ3n) is 4.85. The van der Waals surface area contributed by atoms with Crippen LogP contribution >= 0.6 is 0 Å². The second kappa shape index (κ2) is 8.99. The Morgan fingerprint density at radius 1 is 0.939 bits per heavy atom. The Morgan fingerprint density at radius 3 is 2.36 bits per heavy atom. The minimum absolute atomic E-state index is 0.243. The number of amides is 1. The van der Waals surface area contributed by atoms with Crippen molar-refractivity contribution >= 4 is 11.6 Å². The molecule has 0 aliphatic heterocycles. The van der Waals surface area contributed by atoms with Crippen LogP contribution in [0.5, 0.6) is 0 Å². The SMILES string of the molecule is Cc1cccc(-n2nc(C(=O)Nc3ccc(F)cc3)c(=O)n(Cc3cccc(F)c3)c2=O)c1. The van der Waals surface area contributed by atoms with Crippen LogP contribution in [0, 0.1) is 18.6 Å². The third kappa shape index (κ3) is 4.77. The molecule has 0 saturated carbocycles. The number of nitrogens with one attached hydrogen (secondary N) is 1. The molecule has 0 atom stereocenters. The number of rotatable bonds is 5. The first kappa shape index (κ1) is 21.8. The topological polar surface area (TPSA) is 86.0 Å². The largest absolute Gasteiger partial charge is 0.352 e. The molecule has 0 unspecified atom stereocenters. The van der Waals surface area contributed by atoms with Gasteiger partial charge in [0.1, 0.15) is 11.6 Å². The molecule has 9 heteroatoms. The lowest BCUT2D eigenvalue weighted by Gasteiger charge is -2.13. The Hall–Kier alpha value is -4.40. The summed E-state index contributed by atoms with van der Waals surface area (Å²) in [7, 11) is 0. The van der Waals surface area contributed by atoms with Crippen molar-refractivity contribution in [3.8, 4) is 5.69 Å². The Morgan fingerprint density at radius 2 is 1.67 bits per heavy atom. The molecule has 0 bridgehead atoms. The number of aryl methyl sites for hydroxylation is 1. The number of anilines is 1. The first-order chi connectivity index (χ1) is 15.8. The van der Waals surface area contributed by atoms with E-state index >= 15 is 0 Å². The lowest BCUT2D eigenvalue weighted by Crippen LogP contribution is -2.45. The number of benzene rings is 3. The molecule has 1 heterocycles. The quantitative estimate of drug-likeness (QED) is 0.508. The molecular weight excluding hydrogens is 430 g/mol. The smallest absolute Gasteiger partial charge is 0.320 e. The van der Waals surface area contributed by atoms with Crippen molar-refractivity contribution in [2.45, 2.75) is 13.5 Å². The van der Waals surface area contributed by atoms with E-state index in [1.807, 2.05) is 13.0 Å². The van der Waals surface area contributed by atoms with Crippen LogP contribution in [0.15, 0.2) is 82.4 Å². The van der Waals surface area contributed by atoms with Crippen LogP contribution in [-0.2, 0) is 6.54 Å². The molecule has 4 aromatic rings. The van der Waals surface area contributed by atoms with E-state index < -0.39 is 34.5 Å². The number of nitrogens with zero attached hydrogens (tertiary/aromatic N) is 3. The molecule has 0 aliphatic rings. The van der Waals surface area contributed by atoms with Crippen LogP contribution in [0.1, 0.15) is 21.6 Å². The van der Waals surface area contributed by atoms with Crippen molar-refractivity contribution in [1.82, 2.24) is 14.3 Å². The molecule has 3 aromatic carbocycles. The molecule has 166 valence electrons. The van der Waals surface area contributed by atoms with E-state index in [1.165, 1.54) is 30.3 Å². The zero-order chi connectivity index (χ0) is 23.5. The highest BCUT2D eigenvalue weighted by atomic mass is 19.1. The lowest BCUT2D eigenvalue weighted by molar-refractivity contribution is 0.101. The van der Waals surface area contributed by atoms with Crippen LogP contribution in [0.3, 0.4) is 0 Å². The predicted octanol–water partition coefficient (Wildman–Crippen LogP) is 3.28. The van der Waals surface area contributed by atoms with Gasteiger partial charge in [-0.15, -0.1) is 0 Å². The zero-order valence-corrected chi connectivity index (χ0v) is 17.5. The van der Waals surface area contributed by atoms with E-state index in [0.29, 0.717) is 11.3 Å². The van der Waals surface area contributed by atoms with E-state index in [0.717, 1.165) is 26.9 Å². The number of carbonyl (C=O) groups is 1. The van der Waals surface area contributed by atoms with Gasteiger partial charge in [0.2, 0.25) is 5.69 Å². The Bertz CT molecular complexity index is 1460. The molecular formula is C24H18F2N4O3. The average Bonchev–Trinajstić information content (AvgIpc) is 2.78. The van der Waals surface area contributed by atoms with Crippen molar-refractivity contribution < 1.29 is 13.6 Å².